The van der Waals surface area contributed by atoms with E-state index < -0.39 is 5.97 Å². The molecule has 3 nitrogen and oxygen atoms in total. The molecule has 1 aliphatic rings. The maximum atomic E-state index is 11.0. The molecule has 0 spiro atoms. The van der Waals surface area contributed by atoms with Crippen LogP contribution < -0.4 is 5.32 Å². The summed E-state index contributed by atoms with van der Waals surface area (Å²) in [4.78, 5) is 11.0. The van der Waals surface area contributed by atoms with Gasteiger partial charge in [-0.15, -0.1) is 24.8 Å². The lowest BCUT2D eigenvalue weighted by molar-refractivity contribution is -0.143. The zero-order valence-corrected chi connectivity index (χ0v) is 10.7. The number of aliphatic carboxylic acids is 1. The maximum Gasteiger partial charge on any atom is 0.306 e. The summed E-state index contributed by atoms with van der Waals surface area (Å²) in [6.45, 7) is 3.98. The van der Waals surface area contributed by atoms with Crippen molar-refractivity contribution in [2.45, 2.75) is 32.6 Å². The molecule has 15 heavy (non-hydrogen) atoms. The number of hydrogen-bond acceptors (Lipinski definition) is 2. The van der Waals surface area contributed by atoms with Crippen LogP contribution in [-0.4, -0.2) is 24.2 Å². The fraction of sp³-hybridized carbons (Fsp3) is 0.900. The summed E-state index contributed by atoms with van der Waals surface area (Å²) < 4.78 is 0. The Morgan fingerprint density at radius 1 is 1.53 bits per heavy atom. The molecule has 1 heterocycles. The first-order valence-corrected chi connectivity index (χ1v) is 5.19. The van der Waals surface area contributed by atoms with E-state index in [1.807, 2.05) is 0 Å². The lowest BCUT2D eigenvalue weighted by Crippen LogP contribution is -2.25. The summed E-state index contributed by atoms with van der Waals surface area (Å²) >= 11 is 0. The highest BCUT2D eigenvalue weighted by Gasteiger charge is 2.29. The largest absolute Gasteiger partial charge is 0.481 e. The highest BCUT2D eigenvalue weighted by atomic mass is 35.5. The fourth-order valence-corrected chi connectivity index (χ4v) is 2.01. The van der Waals surface area contributed by atoms with Crippen molar-refractivity contribution in [3.05, 3.63) is 0 Å². The van der Waals surface area contributed by atoms with Crippen molar-refractivity contribution in [2.24, 2.45) is 11.8 Å². The Hall–Kier alpha value is 0.01000. The van der Waals surface area contributed by atoms with E-state index in [1.165, 1.54) is 0 Å². The molecule has 92 valence electrons. The first kappa shape index (κ1) is 17.4. The molecule has 0 radical (unpaired) electrons. The summed E-state index contributed by atoms with van der Waals surface area (Å²) in [5, 5.41) is 12.3. The van der Waals surface area contributed by atoms with Gasteiger partial charge in [-0.25, -0.2) is 0 Å². The Morgan fingerprint density at radius 3 is 2.60 bits per heavy atom. The van der Waals surface area contributed by atoms with Gasteiger partial charge in [-0.1, -0.05) is 19.8 Å². The van der Waals surface area contributed by atoms with Crippen molar-refractivity contribution in [1.29, 1.82) is 0 Å². The number of carbonyl (C=O) groups is 1. The van der Waals surface area contributed by atoms with Gasteiger partial charge < -0.3 is 10.4 Å². The summed E-state index contributed by atoms with van der Waals surface area (Å²) in [5.74, 6) is -0.360. The third-order valence-corrected chi connectivity index (χ3v) is 2.85. The molecule has 1 aliphatic heterocycles. The van der Waals surface area contributed by atoms with Crippen LogP contribution in [0.5, 0.6) is 0 Å². The third kappa shape index (κ3) is 5.59. The van der Waals surface area contributed by atoms with Gasteiger partial charge in [0.1, 0.15) is 0 Å². The molecule has 2 N–H and O–H groups in total. The molecule has 1 saturated heterocycles. The quantitative estimate of drug-likeness (QED) is 0.795. The third-order valence-electron chi connectivity index (χ3n) is 2.85. The second kappa shape index (κ2) is 9.25. The number of carboxylic acids is 1. The highest BCUT2D eigenvalue weighted by Crippen LogP contribution is 2.24. The van der Waals surface area contributed by atoms with E-state index in [4.69, 9.17) is 5.11 Å². The molecular formula is C10H21Cl2NO2. The van der Waals surface area contributed by atoms with Crippen molar-refractivity contribution < 1.29 is 9.90 Å². The molecule has 1 fully saturated rings. The number of carboxylic acid groups (broad SMARTS) is 1. The molecule has 0 aromatic carbocycles. The van der Waals surface area contributed by atoms with Crippen LogP contribution >= 0.6 is 24.8 Å². The SMILES string of the molecule is CCCCC(C(=O)O)[C@H]1CCNC1.Cl.Cl. The Balaban J connectivity index is 0. The van der Waals surface area contributed by atoms with Crippen LogP contribution in [0.4, 0.5) is 0 Å². The monoisotopic (exact) mass is 257 g/mol. The fourth-order valence-electron chi connectivity index (χ4n) is 2.01. The summed E-state index contributed by atoms with van der Waals surface area (Å²) in [6, 6.07) is 0. The summed E-state index contributed by atoms with van der Waals surface area (Å²) in [5.41, 5.74) is 0. The molecule has 0 amide bonds. The van der Waals surface area contributed by atoms with Gasteiger partial charge >= 0.3 is 5.97 Å². The predicted molar refractivity (Wildman–Crippen MR) is 66.1 cm³/mol. The first-order chi connectivity index (χ1) is 6.25. The standard InChI is InChI=1S/C10H19NO2.2ClH/c1-2-3-4-9(10(12)13)8-5-6-11-7-8;;/h8-9,11H,2-7H2,1H3,(H,12,13);2*1H/t8-,9?;;/m0../s1. The lowest BCUT2D eigenvalue weighted by Gasteiger charge is -2.17. The normalized spacial score (nSPS) is 21.3. The van der Waals surface area contributed by atoms with Gasteiger partial charge in [-0.05, 0) is 31.8 Å². The highest BCUT2D eigenvalue weighted by molar-refractivity contribution is 5.85. The summed E-state index contributed by atoms with van der Waals surface area (Å²) in [7, 11) is 0. The predicted octanol–water partition coefficient (Wildman–Crippen LogP) is 2.33. The molecular weight excluding hydrogens is 237 g/mol. The van der Waals surface area contributed by atoms with Gasteiger partial charge in [0.25, 0.3) is 0 Å². The van der Waals surface area contributed by atoms with Crippen molar-refractivity contribution in [3.63, 3.8) is 0 Å². The van der Waals surface area contributed by atoms with Crippen LogP contribution in [0.1, 0.15) is 32.6 Å². The zero-order chi connectivity index (χ0) is 9.68. The number of halogens is 2. The van der Waals surface area contributed by atoms with Gasteiger partial charge in [0, 0.05) is 0 Å². The smallest absolute Gasteiger partial charge is 0.306 e. The topological polar surface area (TPSA) is 49.3 Å². The number of nitrogens with one attached hydrogen (secondary N) is 1. The zero-order valence-electron chi connectivity index (χ0n) is 9.07. The molecule has 1 unspecified atom stereocenters. The Kier molecular flexibility index (Phi) is 10.7. The van der Waals surface area contributed by atoms with E-state index in [2.05, 4.69) is 12.2 Å². The Bertz CT molecular complexity index is 173. The minimum absolute atomic E-state index is 0. The molecule has 1 rings (SSSR count). The molecule has 0 bridgehead atoms. The van der Waals surface area contributed by atoms with E-state index >= 15 is 0 Å². The van der Waals surface area contributed by atoms with E-state index in [0.29, 0.717) is 5.92 Å². The van der Waals surface area contributed by atoms with Gasteiger partial charge in [0.15, 0.2) is 0 Å². The Morgan fingerprint density at radius 2 is 2.20 bits per heavy atom. The molecule has 0 aromatic heterocycles. The van der Waals surface area contributed by atoms with Crippen LogP contribution in [0.15, 0.2) is 0 Å². The van der Waals surface area contributed by atoms with E-state index in [9.17, 15) is 4.79 Å². The number of rotatable bonds is 5. The Labute approximate surface area is 104 Å². The molecule has 0 aromatic rings. The van der Waals surface area contributed by atoms with E-state index in [1.54, 1.807) is 0 Å². The number of hydrogen-bond donors (Lipinski definition) is 2. The van der Waals surface area contributed by atoms with Gasteiger partial charge in [0.2, 0.25) is 0 Å². The van der Waals surface area contributed by atoms with Crippen molar-refractivity contribution >= 4 is 30.8 Å². The molecule has 0 aliphatic carbocycles. The van der Waals surface area contributed by atoms with Crippen molar-refractivity contribution in [1.82, 2.24) is 5.32 Å². The second-order valence-electron chi connectivity index (χ2n) is 3.84. The van der Waals surface area contributed by atoms with Crippen LogP contribution in [0.3, 0.4) is 0 Å². The van der Waals surface area contributed by atoms with Gasteiger partial charge in [-0.2, -0.15) is 0 Å². The van der Waals surface area contributed by atoms with Crippen molar-refractivity contribution in [2.75, 3.05) is 13.1 Å². The lowest BCUT2D eigenvalue weighted by atomic mass is 9.87. The summed E-state index contributed by atoms with van der Waals surface area (Å²) in [6.07, 6.45) is 4.00. The van der Waals surface area contributed by atoms with Gasteiger partial charge in [0.05, 0.1) is 5.92 Å². The first-order valence-electron chi connectivity index (χ1n) is 5.19. The van der Waals surface area contributed by atoms with Crippen LogP contribution in [0.25, 0.3) is 0 Å². The average molecular weight is 258 g/mol. The van der Waals surface area contributed by atoms with Crippen LogP contribution in [0, 0.1) is 11.8 Å². The van der Waals surface area contributed by atoms with Crippen LogP contribution in [-0.2, 0) is 4.79 Å². The minimum Gasteiger partial charge on any atom is -0.481 e. The van der Waals surface area contributed by atoms with E-state index in [0.717, 1.165) is 38.8 Å². The minimum atomic E-state index is -0.609. The van der Waals surface area contributed by atoms with Crippen molar-refractivity contribution in [3.8, 4) is 0 Å². The van der Waals surface area contributed by atoms with Crippen LogP contribution in [0.2, 0.25) is 0 Å². The molecule has 5 heteroatoms. The maximum absolute atomic E-state index is 11.0. The van der Waals surface area contributed by atoms with Gasteiger partial charge in [-0.3, -0.25) is 4.79 Å². The molecule has 0 saturated carbocycles. The average Bonchev–Trinajstić information content (AvgIpc) is 2.57. The van der Waals surface area contributed by atoms with E-state index in [-0.39, 0.29) is 30.7 Å². The number of unbranched alkanes of at least 4 members (excludes halogenated alkanes) is 1. The second-order valence-corrected chi connectivity index (χ2v) is 3.84. The molecule has 2 atom stereocenters.